The van der Waals surface area contributed by atoms with Gasteiger partial charge in [0.2, 0.25) is 5.22 Å². The number of methoxy groups -OCH3 is 1. The Bertz CT molecular complexity index is 1600. The molecule has 5 nitrogen and oxygen atoms in total. The van der Waals surface area contributed by atoms with Crippen molar-refractivity contribution in [3.05, 3.63) is 98.9 Å². The van der Waals surface area contributed by atoms with E-state index in [4.69, 9.17) is 32.4 Å². The molecule has 5 rings (SSSR count). The van der Waals surface area contributed by atoms with Crippen molar-refractivity contribution in [3.8, 4) is 0 Å². The number of carbonyl (C=O) groups is 1. The van der Waals surface area contributed by atoms with Gasteiger partial charge in [-0.15, -0.1) is 0 Å². The van der Waals surface area contributed by atoms with Gasteiger partial charge in [-0.3, -0.25) is 4.79 Å². The largest absolute Gasteiger partial charge is 0.469 e. The number of fused-ring (bicyclic) bond motifs is 1. The summed E-state index contributed by atoms with van der Waals surface area (Å²) in [5.41, 5.74) is 5.36. The van der Waals surface area contributed by atoms with Crippen LogP contribution in [0, 0.1) is 5.41 Å². The zero-order valence-electron chi connectivity index (χ0n) is 24.0. The first-order valence-corrected chi connectivity index (χ1v) is 15.9. The van der Waals surface area contributed by atoms with Gasteiger partial charge >= 0.3 is 5.97 Å². The molecule has 1 aliphatic rings. The van der Waals surface area contributed by atoms with Crippen LogP contribution in [0.3, 0.4) is 0 Å². The van der Waals surface area contributed by atoms with Crippen molar-refractivity contribution in [2.24, 2.45) is 5.41 Å². The number of nitrogens with zero attached hydrogens (tertiary/aromatic N) is 1. The predicted molar refractivity (Wildman–Crippen MR) is 173 cm³/mol. The van der Waals surface area contributed by atoms with Crippen LogP contribution in [0.25, 0.3) is 23.3 Å². The first-order valence-electron chi connectivity index (χ1n) is 14.1. The fourth-order valence-electron chi connectivity index (χ4n) is 5.25. The topological polar surface area (TPSA) is 72.6 Å². The summed E-state index contributed by atoms with van der Waals surface area (Å²) in [5, 5.41) is 11.4. The maximum atomic E-state index is 12.1. The van der Waals surface area contributed by atoms with E-state index in [9.17, 15) is 9.90 Å². The number of furan rings is 1. The Hall–Kier alpha value is -2.77. The van der Waals surface area contributed by atoms with Gasteiger partial charge in [-0.05, 0) is 97.0 Å². The SMILES string of the molecule is COC(=O)CC1(CS[C@H](CCc2ccccc2C(C)(C)O)c2cccc(C=Cc3ccc4oc(Cl)c(Cl)c4n3)c2)CC1. The van der Waals surface area contributed by atoms with Gasteiger partial charge in [0, 0.05) is 11.0 Å². The first-order chi connectivity index (χ1) is 20.1. The minimum atomic E-state index is -0.911. The fraction of sp³-hybridized carbons (Fsp3) is 0.353. The molecule has 42 heavy (non-hydrogen) atoms. The molecule has 2 aromatic carbocycles. The van der Waals surface area contributed by atoms with Gasteiger partial charge in [-0.25, -0.2) is 4.98 Å². The minimum absolute atomic E-state index is 0.0279. The Morgan fingerprint density at radius 1 is 1.14 bits per heavy atom. The highest BCUT2D eigenvalue weighted by molar-refractivity contribution is 7.99. The minimum Gasteiger partial charge on any atom is -0.469 e. The first kappa shape index (κ1) is 30.7. The van der Waals surface area contributed by atoms with Crippen molar-refractivity contribution in [3.63, 3.8) is 0 Å². The molecule has 0 saturated heterocycles. The van der Waals surface area contributed by atoms with Crippen molar-refractivity contribution in [1.82, 2.24) is 4.98 Å². The third-order valence-electron chi connectivity index (χ3n) is 7.84. The number of ether oxygens (including phenoxy) is 1. The van der Waals surface area contributed by atoms with Crippen LogP contribution in [-0.2, 0) is 21.6 Å². The van der Waals surface area contributed by atoms with Gasteiger partial charge in [-0.1, -0.05) is 66.2 Å². The van der Waals surface area contributed by atoms with Crippen molar-refractivity contribution in [1.29, 1.82) is 0 Å². The van der Waals surface area contributed by atoms with Gasteiger partial charge in [0.05, 0.1) is 24.8 Å². The van der Waals surface area contributed by atoms with Crippen molar-refractivity contribution >= 4 is 64.2 Å². The van der Waals surface area contributed by atoms with E-state index in [1.807, 2.05) is 68.1 Å². The van der Waals surface area contributed by atoms with Crippen LogP contribution in [0.5, 0.6) is 0 Å². The number of aryl methyl sites for hydroxylation is 1. The molecule has 0 radical (unpaired) electrons. The number of halogens is 2. The summed E-state index contributed by atoms with van der Waals surface area (Å²) in [7, 11) is 1.46. The summed E-state index contributed by atoms with van der Waals surface area (Å²) < 4.78 is 10.4. The summed E-state index contributed by atoms with van der Waals surface area (Å²) in [6.45, 7) is 3.67. The number of hydrogen-bond acceptors (Lipinski definition) is 6. The fourth-order valence-corrected chi connectivity index (χ4v) is 7.16. The molecule has 1 fully saturated rings. The lowest BCUT2D eigenvalue weighted by Gasteiger charge is -2.24. The van der Waals surface area contributed by atoms with E-state index in [0.717, 1.165) is 53.8 Å². The van der Waals surface area contributed by atoms with Crippen LogP contribution in [0.15, 0.2) is 65.1 Å². The van der Waals surface area contributed by atoms with E-state index < -0.39 is 5.60 Å². The Labute approximate surface area is 261 Å². The second kappa shape index (κ2) is 12.8. The third-order valence-corrected chi connectivity index (χ3v) is 10.2. The Morgan fingerprint density at radius 2 is 1.93 bits per heavy atom. The maximum absolute atomic E-state index is 12.1. The standard InChI is InChI=1S/C34H35Cl2NO4S/c1-33(2,39)26-10-5-4-8-23(26)12-16-28(42-21-34(17-18-34)20-29(38)40-3)24-9-6-7-22(19-24)11-13-25-14-15-27-31(37-25)30(35)32(36)41-27/h4-11,13-15,19,28,39H,12,16-18,20-21H2,1-3H3/t28-/m1/s1. The number of esters is 1. The lowest BCUT2D eigenvalue weighted by Crippen LogP contribution is -2.18. The molecule has 1 saturated carbocycles. The van der Waals surface area contributed by atoms with E-state index in [0.29, 0.717) is 22.5 Å². The molecule has 0 unspecified atom stereocenters. The molecule has 0 spiro atoms. The molecule has 0 aliphatic heterocycles. The van der Waals surface area contributed by atoms with Crippen LogP contribution in [0.1, 0.15) is 72.7 Å². The molecule has 0 bridgehead atoms. The Balaban J connectivity index is 1.37. The Morgan fingerprint density at radius 3 is 2.67 bits per heavy atom. The van der Waals surface area contributed by atoms with Crippen LogP contribution < -0.4 is 0 Å². The molecule has 8 heteroatoms. The summed E-state index contributed by atoms with van der Waals surface area (Å²) in [6, 6.07) is 20.4. The zero-order valence-corrected chi connectivity index (χ0v) is 26.4. The van der Waals surface area contributed by atoms with Gasteiger partial charge in [-0.2, -0.15) is 11.8 Å². The van der Waals surface area contributed by atoms with E-state index >= 15 is 0 Å². The highest BCUT2D eigenvalue weighted by Gasteiger charge is 2.45. The average molecular weight is 625 g/mol. The predicted octanol–water partition coefficient (Wildman–Crippen LogP) is 9.28. The second-order valence-electron chi connectivity index (χ2n) is 11.6. The zero-order chi connectivity index (χ0) is 29.9. The van der Waals surface area contributed by atoms with Crippen LogP contribution in [0.4, 0.5) is 0 Å². The summed E-state index contributed by atoms with van der Waals surface area (Å²) in [5.74, 6) is 0.763. The second-order valence-corrected chi connectivity index (χ2v) is 13.5. The van der Waals surface area contributed by atoms with Gasteiger partial charge < -0.3 is 14.3 Å². The number of thioether (sulfide) groups is 1. The molecular weight excluding hydrogens is 589 g/mol. The van der Waals surface area contributed by atoms with Gasteiger partial charge in [0.25, 0.3) is 0 Å². The van der Waals surface area contributed by atoms with Crippen molar-refractivity contribution in [2.45, 2.75) is 56.8 Å². The monoisotopic (exact) mass is 623 g/mol. The van der Waals surface area contributed by atoms with E-state index in [2.05, 4.69) is 35.3 Å². The number of rotatable bonds is 12. The molecule has 4 aromatic rings. The van der Waals surface area contributed by atoms with Gasteiger partial charge in [0.15, 0.2) is 5.58 Å². The van der Waals surface area contributed by atoms with Crippen LogP contribution >= 0.6 is 35.0 Å². The van der Waals surface area contributed by atoms with Crippen LogP contribution in [-0.4, -0.2) is 28.9 Å². The van der Waals surface area contributed by atoms with E-state index in [-0.39, 0.29) is 21.9 Å². The average Bonchev–Trinajstić information content (AvgIpc) is 3.68. The summed E-state index contributed by atoms with van der Waals surface area (Å²) in [4.78, 5) is 16.7. The lowest BCUT2D eigenvalue weighted by atomic mass is 9.90. The summed E-state index contributed by atoms with van der Waals surface area (Å²) >= 11 is 14.2. The van der Waals surface area contributed by atoms with Crippen molar-refractivity contribution in [2.75, 3.05) is 12.9 Å². The molecule has 2 aromatic heterocycles. The number of aromatic nitrogens is 1. The normalized spacial score (nSPS) is 15.3. The molecule has 220 valence electrons. The lowest BCUT2D eigenvalue weighted by molar-refractivity contribution is -0.141. The smallest absolute Gasteiger partial charge is 0.306 e. The highest BCUT2D eigenvalue weighted by Crippen LogP contribution is 2.53. The Kier molecular flexibility index (Phi) is 9.38. The molecule has 1 atom stereocenters. The molecular formula is C34H35Cl2NO4S. The van der Waals surface area contributed by atoms with E-state index in [1.165, 1.54) is 12.7 Å². The molecule has 1 aliphatic carbocycles. The van der Waals surface area contributed by atoms with Crippen molar-refractivity contribution < 1.29 is 19.1 Å². The number of pyridine rings is 1. The number of aliphatic hydroxyl groups is 1. The van der Waals surface area contributed by atoms with Gasteiger partial charge in [0.1, 0.15) is 10.5 Å². The van der Waals surface area contributed by atoms with Crippen LogP contribution in [0.2, 0.25) is 10.2 Å². The number of carbonyl (C=O) groups excluding carboxylic acids is 1. The molecule has 0 amide bonds. The van der Waals surface area contributed by atoms with E-state index in [1.54, 1.807) is 0 Å². The number of benzene rings is 2. The summed E-state index contributed by atoms with van der Waals surface area (Å²) in [6.07, 6.45) is 8.30. The quantitative estimate of drug-likeness (QED) is 0.158. The number of hydrogen-bond donors (Lipinski definition) is 1. The maximum Gasteiger partial charge on any atom is 0.306 e. The molecule has 2 heterocycles. The highest BCUT2D eigenvalue weighted by atomic mass is 35.5. The third kappa shape index (κ3) is 7.41. The molecule has 1 N–H and O–H groups in total.